The summed E-state index contributed by atoms with van der Waals surface area (Å²) in [6, 6.07) is 0. The fourth-order valence-electron chi connectivity index (χ4n) is 7.14. The summed E-state index contributed by atoms with van der Waals surface area (Å²) in [7, 11) is -2.64. The molecule has 0 rings (SSSR count). The molecule has 2 N–H and O–H groups in total. The fourth-order valence-corrected chi connectivity index (χ4v) is 7.89. The van der Waals surface area contributed by atoms with E-state index in [0.717, 1.165) is 44.9 Å². The summed E-state index contributed by atoms with van der Waals surface area (Å²) in [6.07, 6.45) is 46.8. The Morgan fingerprint density at radius 2 is 0.879 bits per heavy atom. The van der Waals surface area contributed by atoms with Crippen LogP contribution in [0.5, 0.6) is 0 Å². The van der Waals surface area contributed by atoms with Crippen LogP contribution in [-0.2, 0) is 32.7 Å². The molecule has 0 aliphatic carbocycles. The molecular formula is C48H94NO8P. The quantitative estimate of drug-likeness (QED) is 0.0267. The predicted octanol–water partition coefficient (Wildman–Crippen LogP) is 14.4. The summed E-state index contributed by atoms with van der Waals surface area (Å²) < 4.78 is 33.3. The molecule has 0 aliphatic rings. The summed E-state index contributed by atoms with van der Waals surface area (Å²) in [6.45, 7) is 4.26. The van der Waals surface area contributed by atoms with Gasteiger partial charge in [0.1, 0.15) is 6.61 Å². The summed E-state index contributed by atoms with van der Waals surface area (Å²) in [5, 5.41) is 2.83. The smallest absolute Gasteiger partial charge is 0.462 e. The predicted molar refractivity (Wildman–Crippen MR) is 243 cm³/mol. The van der Waals surface area contributed by atoms with E-state index in [1.165, 1.54) is 167 Å². The molecule has 0 aliphatic heterocycles. The van der Waals surface area contributed by atoms with Gasteiger partial charge in [-0.05, 0) is 45.6 Å². The van der Waals surface area contributed by atoms with E-state index in [2.05, 4.69) is 31.3 Å². The van der Waals surface area contributed by atoms with Crippen molar-refractivity contribution in [1.29, 1.82) is 0 Å². The minimum absolute atomic E-state index is 0.0144. The van der Waals surface area contributed by atoms with Crippen LogP contribution in [0.25, 0.3) is 0 Å². The van der Waals surface area contributed by atoms with Gasteiger partial charge in [-0.15, -0.1) is 0 Å². The van der Waals surface area contributed by atoms with Crippen LogP contribution in [0.2, 0.25) is 0 Å². The first-order chi connectivity index (χ1) is 28.3. The van der Waals surface area contributed by atoms with E-state index in [1.807, 2.05) is 0 Å². The zero-order valence-electron chi connectivity index (χ0n) is 38.3. The van der Waals surface area contributed by atoms with E-state index in [9.17, 15) is 19.0 Å². The van der Waals surface area contributed by atoms with Gasteiger partial charge in [0.05, 0.1) is 13.2 Å². The molecule has 0 heterocycles. The maximum atomic E-state index is 12.7. The molecule has 0 saturated heterocycles. The van der Waals surface area contributed by atoms with Crippen molar-refractivity contribution in [2.45, 2.75) is 251 Å². The van der Waals surface area contributed by atoms with Gasteiger partial charge in [-0.1, -0.05) is 206 Å². The molecule has 2 atom stereocenters. The van der Waals surface area contributed by atoms with E-state index in [1.54, 1.807) is 7.05 Å². The van der Waals surface area contributed by atoms with Gasteiger partial charge in [-0.2, -0.15) is 0 Å². The molecule has 0 aromatic rings. The Hall–Kier alpha value is -1.25. The van der Waals surface area contributed by atoms with Crippen molar-refractivity contribution in [3.63, 3.8) is 0 Å². The highest BCUT2D eigenvalue weighted by Crippen LogP contribution is 2.43. The Kier molecular flexibility index (Phi) is 44.3. The van der Waals surface area contributed by atoms with Crippen molar-refractivity contribution in [2.75, 3.05) is 33.4 Å². The summed E-state index contributed by atoms with van der Waals surface area (Å²) >= 11 is 0. The highest BCUT2D eigenvalue weighted by atomic mass is 31.2. The maximum absolute atomic E-state index is 12.7. The molecule has 0 amide bonds. The average Bonchev–Trinajstić information content (AvgIpc) is 3.21. The number of likely N-dealkylation sites (N-methyl/N-ethyl adjacent to an activating group) is 1. The molecule has 0 spiro atoms. The Bertz CT molecular complexity index is 964. The van der Waals surface area contributed by atoms with Crippen molar-refractivity contribution in [1.82, 2.24) is 5.32 Å². The Balaban J connectivity index is 4.11. The lowest BCUT2D eigenvalue weighted by Crippen LogP contribution is -2.29. The monoisotopic (exact) mass is 844 g/mol. The average molecular weight is 844 g/mol. The number of hydrogen-bond acceptors (Lipinski definition) is 8. The topological polar surface area (TPSA) is 120 Å². The standard InChI is InChI=1S/C48H94NO8P/c1-4-6-8-10-12-14-16-18-20-22-23-25-26-28-30-32-34-36-38-40-47(50)54-44-46(45-56-58(52,53)55-43-42-49-3)57-48(51)41-39-37-35-33-31-29-27-24-21-19-17-15-13-11-9-7-5-2/h19,21,46,49H,4-18,20,22-45H2,1-3H3,(H,52,53)/b21-19-. The third kappa shape index (κ3) is 44.3. The largest absolute Gasteiger partial charge is 0.472 e. The van der Waals surface area contributed by atoms with Crippen LogP contribution in [0.4, 0.5) is 0 Å². The highest BCUT2D eigenvalue weighted by Gasteiger charge is 2.26. The molecule has 0 fully saturated rings. The van der Waals surface area contributed by atoms with E-state index in [0.29, 0.717) is 19.4 Å². The molecule has 10 heteroatoms. The number of unbranched alkanes of at least 4 members (excludes halogenated alkanes) is 31. The van der Waals surface area contributed by atoms with Crippen LogP contribution in [0.15, 0.2) is 12.2 Å². The molecule has 2 unspecified atom stereocenters. The SMILES string of the molecule is CCCCCCCC/C=C\CCCCCCCCCC(=O)OC(COC(=O)CCCCCCCCCCCCCCCCCCCCC)COP(=O)(O)OCCNC. The van der Waals surface area contributed by atoms with Crippen molar-refractivity contribution in [3.8, 4) is 0 Å². The molecule has 0 aromatic carbocycles. The van der Waals surface area contributed by atoms with Crippen LogP contribution in [0, 0.1) is 0 Å². The number of esters is 2. The number of phosphoric ester groups is 1. The van der Waals surface area contributed by atoms with Crippen molar-refractivity contribution >= 4 is 19.8 Å². The molecule has 344 valence electrons. The Morgan fingerprint density at radius 1 is 0.517 bits per heavy atom. The molecule has 0 radical (unpaired) electrons. The first-order valence-corrected chi connectivity index (χ1v) is 26.1. The molecule has 58 heavy (non-hydrogen) atoms. The van der Waals surface area contributed by atoms with Crippen LogP contribution < -0.4 is 5.32 Å². The van der Waals surface area contributed by atoms with E-state index in [4.69, 9.17) is 18.5 Å². The lowest BCUT2D eigenvalue weighted by Gasteiger charge is -2.20. The van der Waals surface area contributed by atoms with Gasteiger partial charge in [-0.3, -0.25) is 18.6 Å². The minimum atomic E-state index is -4.35. The molecule has 0 saturated carbocycles. The number of ether oxygens (including phenoxy) is 2. The normalized spacial score (nSPS) is 13.2. The molecule has 9 nitrogen and oxygen atoms in total. The van der Waals surface area contributed by atoms with Gasteiger partial charge in [0.25, 0.3) is 0 Å². The number of hydrogen-bond donors (Lipinski definition) is 2. The van der Waals surface area contributed by atoms with Crippen LogP contribution in [-0.4, -0.2) is 56.3 Å². The summed E-state index contributed by atoms with van der Waals surface area (Å²) in [4.78, 5) is 35.2. The number of allylic oxidation sites excluding steroid dienone is 2. The van der Waals surface area contributed by atoms with E-state index in [-0.39, 0.29) is 25.6 Å². The highest BCUT2D eigenvalue weighted by molar-refractivity contribution is 7.47. The Labute approximate surface area is 358 Å². The maximum Gasteiger partial charge on any atom is 0.472 e. The van der Waals surface area contributed by atoms with Gasteiger partial charge in [0.15, 0.2) is 6.10 Å². The van der Waals surface area contributed by atoms with Crippen LogP contribution in [0.1, 0.15) is 245 Å². The summed E-state index contributed by atoms with van der Waals surface area (Å²) in [5.41, 5.74) is 0. The molecule has 0 aromatic heterocycles. The van der Waals surface area contributed by atoms with Gasteiger partial charge in [0.2, 0.25) is 0 Å². The number of carbonyl (C=O) groups excluding carboxylic acids is 2. The zero-order valence-corrected chi connectivity index (χ0v) is 39.2. The van der Waals surface area contributed by atoms with Gasteiger partial charge < -0.3 is 19.7 Å². The van der Waals surface area contributed by atoms with Crippen molar-refractivity contribution in [2.24, 2.45) is 0 Å². The number of rotatable bonds is 47. The second-order valence-electron chi connectivity index (χ2n) is 16.7. The zero-order chi connectivity index (χ0) is 42.5. The number of phosphoric acid groups is 1. The lowest BCUT2D eigenvalue weighted by molar-refractivity contribution is -0.161. The van der Waals surface area contributed by atoms with Crippen LogP contribution in [0.3, 0.4) is 0 Å². The second-order valence-corrected chi connectivity index (χ2v) is 18.1. The second kappa shape index (κ2) is 45.3. The summed E-state index contributed by atoms with van der Waals surface area (Å²) in [5.74, 6) is -0.797. The minimum Gasteiger partial charge on any atom is -0.462 e. The number of nitrogens with one attached hydrogen (secondary N) is 1. The van der Waals surface area contributed by atoms with Gasteiger partial charge in [-0.25, -0.2) is 4.57 Å². The first kappa shape index (κ1) is 56.8. The fraction of sp³-hybridized carbons (Fsp3) is 0.917. The van der Waals surface area contributed by atoms with E-state index >= 15 is 0 Å². The van der Waals surface area contributed by atoms with Crippen LogP contribution >= 0.6 is 7.82 Å². The third-order valence-electron chi connectivity index (χ3n) is 10.9. The third-order valence-corrected chi connectivity index (χ3v) is 11.9. The molecular weight excluding hydrogens is 750 g/mol. The molecule has 0 bridgehead atoms. The lowest BCUT2D eigenvalue weighted by atomic mass is 10.0. The van der Waals surface area contributed by atoms with Gasteiger partial charge in [0, 0.05) is 19.4 Å². The van der Waals surface area contributed by atoms with E-state index < -0.39 is 26.5 Å². The van der Waals surface area contributed by atoms with Gasteiger partial charge >= 0.3 is 19.8 Å². The first-order valence-electron chi connectivity index (χ1n) is 24.6. The number of carbonyl (C=O) groups is 2. The van der Waals surface area contributed by atoms with Crippen molar-refractivity contribution in [3.05, 3.63) is 12.2 Å². The Morgan fingerprint density at radius 3 is 1.28 bits per heavy atom. The van der Waals surface area contributed by atoms with Crippen molar-refractivity contribution < 1.29 is 37.6 Å².